The topological polar surface area (TPSA) is 72.2 Å². The van der Waals surface area contributed by atoms with E-state index in [0.717, 1.165) is 23.6 Å². The standard InChI is InChI=1S/C12H18F2N2O2S2/c1-3-19-5-4-8(2)16-20(17,18)12-10(13)6-9(15)7-11(12)14/h6-8,16H,3-5,15H2,1-2H3. The van der Waals surface area contributed by atoms with Crippen LogP contribution in [0.25, 0.3) is 0 Å². The molecule has 0 fully saturated rings. The Morgan fingerprint density at radius 3 is 2.40 bits per heavy atom. The molecule has 4 nitrogen and oxygen atoms in total. The number of halogens is 2. The van der Waals surface area contributed by atoms with Gasteiger partial charge in [-0.25, -0.2) is 21.9 Å². The molecule has 1 aromatic rings. The molecular weight excluding hydrogens is 306 g/mol. The highest BCUT2D eigenvalue weighted by molar-refractivity contribution is 7.99. The molecule has 0 amide bonds. The first-order chi connectivity index (χ1) is 9.27. The van der Waals surface area contributed by atoms with Crippen molar-refractivity contribution in [2.24, 2.45) is 0 Å². The first-order valence-electron chi connectivity index (χ1n) is 6.12. The SMILES string of the molecule is CCSCCC(C)NS(=O)(=O)c1c(F)cc(N)cc1F. The van der Waals surface area contributed by atoms with Crippen molar-refractivity contribution in [3.05, 3.63) is 23.8 Å². The van der Waals surface area contributed by atoms with Gasteiger partial charge in [0.15, 0.2) is 4.90 Å². The quantitative estimate of drug-likeness (QED) is 0.596. The summed E-state index contributed by atoms with van der Waals surface area (Å²) in [6.45, 7) is 3.65. The van der Waals surface area contributed by atoms with Gasteiger partial charge >= 0.3 is 0 Å². The lowest BCUT2D eigenvalue weighted by Crippen LogP contribution is -2.34. The van der Waals surface area contributed by atoms with Crippen LogP contribution in [-0.4, -0.2) is 26.0 Å². The molecule has 114 valence electrons. The van der Waals surface area contributed by atoms with Gasteiger partial charge in [0.2, 0.25) is 10.0 Å². The van der Waals surface area contributed by atoms with Crippen LogP contribution in [0.5, 0.6) is 0 Å². The van der Waals surface area contributed by atoms with E-state index in [2.05, 4.69) is 4.72 Å². The minimum Gasteiger partial charge on any atom is -0.399 e. The Kier molecular flexibility index (Phi) is 6.22. The van der Waals surface area contributed by atoms with Gasteiger partial charge in [-0.2, -0.15) is 11.8 Å². The summed E-state index contributed by atoms with van der Waals surface area (Å²) >= 11 is 1.67. The summed E-state index contributed by atoms with van der Waals surface area (Å²) in [5.41, 5.74) is 5.10. The number of benzene rings is 1. The Hall–Kier alpha value is -0.860. The molecule has 0 spiro atoms. The molecule has 0 saturated carbocycles. The van der Waals surface area contributed by atoms with Crippen molar-refractivity contribution in [2.45, 2.75) is 31.2 Å². The fourth-order valence-corrected chi connectivity index (χ4v) is 3.83. The fraction of sp³-hybridized carbons (Fsp3) is 0.500. The third-order valence-electron chi connectivity index (χ3n) is 2.55. The van der Waals surface area contributed by atoms with Crippen LogP contribution >= 0.6 is 11.8 Å². The highest BCUT2D eigenvalue weighted by Gasteiger charge is 2.26. The van der Waals surface area contributed by atoms with Crippen LogP contribution in [-0.2, 0) is 10.0 Å². The molecule has 1 atom stereocenters. The van der Waals surface area contributed by atoms with Crippen LogP contribution in [0.4, 0.5) is 14.5 Å². The van der Waals surface area contributed by atoms with E-state index in [-0.39, 0.29) is 5.69 Å². The van der Waals surface area contributed by atoms with Gasteiger partial charge in [0, 0.05) is 11.7 Å². The van der Waals surface area contributed by atoms with E-state index in [0.29, 0.717) is 6.42 Å². The lowest BCUT2D eigenvalue weighted by atomic mass is 10.3. The van der Waals surface area contributed by atoms with E-state index < -0.39 is 32.6 Å². The van der Waals surface area contributed by atoms with Crippen LogP contribution in [0.3, 0.4) is 0 Å². The molecular formula is C12H18F2N2O2S2. The Balaban J connectivity index is 2.89. The average molecular weight is 324 g/mol. The van der Waals surface area contributed by atoms with Crippen molar-refractivity contribution in [1.82, 2.24) is 4.72 Å². The van der Waals surface area contributed by atoms with Gasteiger partial charge in [0.1, 0.15) is 11.6 Å². The zero-order valence-electron chi connectivity index (χ0n) is 11.3. The molecule has 0 bridgehead atoms. The molecule has 1 rings (SSSR count). The molecule has 1 aromatic carbocycles. The van der Waals surface area contributed by atoms with Crippen molar-refractivity contribution >= 4 is 27.5 Å². The number of hydrogen-bond acceptors (Lipinski definition) is 4. The number of nitrogen functional groups attached to an aromatic ring is 1. The molecule has 8 heteroatoms. The molecule has 0 aliphatic heterocycles. The van der Waals surface area contributed by atoms with Gasteiger partial charge < -0.3 is 5.73 Å². The second-order valence-corrected chi connectivity index (χ2v) is 7.37. The lowest BCUT2D eigenvalue weighted by molar-refractivity contribution is 0.507. The molecule has 0 radical (unpaired) electrons. The predicted molar refractivity (Wildman–Crippen MR) is 78.2 cm³/mol. The van der Waals surface area contributed by atoms with E-state index in [1.54, 1.807) is 18.7 Å². The van der Waals surface area contributed by atoms with Gasteiger partial charge in [-0.1, -0.05) is 6.92 Å². The van der Waals surface area contributed by atoms with Crippen LogP contribution in [0.15, 0.2) is 17.0 Å². The summed E-state index contributed by atoms with van der Waals surface area (Å²) in [4.78, 5) is -0.985. The normalized spacial score (nSPS) is 13.4. The van der Waals surface area contributed by atoms with E-state index in [4.69, 9.17) is 5.73 Å². The molecule has 0 aromatic heterocycles. The number of nitrogens with one attached hydrogen (secondary N) is 1. The zero-order chi connectivity index (χ0) is 15.3. The highest BCUT2D eigenvalue weighted by atomic mass is 32.2. The number of rotatable bonds is 7. The van der Waals surface area contributed by atoms with E-state index in [9.17, 15) is 17.2 Å². The first kappa shape index (κ1) is 17.2. The minimum atomic E-state index is -4.24. The lowest BCUT2D eigenvalue weighted by Gasteiger charge is -2.15. The molecule has 0 aliphatic rings. The molecule has 0 heterocycles. The number of sulfonamides is 1. The molecule has 20 heavy (non-hydrogen) atoms. The average Bonchev–Trinajstić information content (AvgIpc) is 2.26. The second-order valence-electron chi connectivity index (χ2n) is 4.32. The Bertz CT molecular complexity index is 542. The number of nitrogens with two attached hydrogens (primary N) is 1. The molecule has 0 aliphatic carbocycles. The summed E-state index contributed by atoms with van der Waals surface area (Å²) in [5, 5.41) is 0. The summed E-state index contributed by atoms with van der Waals surface area (Å²) < 4.78 is 53.5. The largest absolute Gasteiger partial charge is 0.399 e. The fourth-order valence-electron chi connectivity index (χ4n) is 1.62. The van der Waals surface area contributed by atoms with Crippen molar-refractivity contribution in [3.8, 4) is 0 Å². The third kappa shape index (κ3) is 4.60. The number of hydrogen-bond donors (Lipinski definition) is 2. The third-order valence-corrected chi connectivity index (χ3v) is 5.12. The Labute approximate surface area is 122 Å². The van der Waals surface area contributed by atoms with E-state index >= 15 is 0 Å². The maximum atomic E-state index is 13.6. The van der Waals surface area contributed by atoms with Crippen molar-refractivity contribution < 1.29 is 17.2 Å². The second kappa shape index (κ2) is 7.24. The van der Waals surface area contributed by atoms with Crippen LogP contribution in [0, 0.1) is 11.6 Å². The summed E-state index contributed by atoms with van der Waals surface area (Å²) in [6.07, 6.45) is 0.579. The molecule has 3 N–H and O–H groups in total. The summed E-state index contributed by atoms with van der Waals surface area (Å²) in [7, 11) is -4.24. The van der Waals surface area contributed by atoms with E-state index in [1.165, 1.54) is 0 Å². The number of anilines is 1. The molecule has 0 saturated heterocycles. The smallest absolute Gasteiger partial charge is 0.246 e. The zero-order valence-corrected chi connectivity index (χ0v) is 13.0. The summed E-state index contributed by atoms with van der Waals surface area (Å²) in [5.74, 6) is -0.677. The van der Waals surface area contributed by atoms with Crippen LogP contribution < -0.4 is 10.5 Å². The number of thioether (sulfide) groups is 1. The maximum Gasteiger partial charge on any atom is 0.246 e. The first-order valence-corrected chi connectivity index (χ1v) is 8.76. The minimum absolute atomic E-state index is 0.161. The Morgan fingerprint density at radius 2 is 1.90 bits per heavy atom. The van der Waals surface area contributed by atoms with E-state index in [1.807, 2.05) is 6.92 Å². The molecule has 1 unspecified atom stereocenters. The van der Waals surface area contributed by atoms with Crippen LogP contribution in [0.1, 0.15) is 20.3 Å². The summed E-state index contributed by atoms with van der Waals surface area (Å²) in [6, 6.07) is 1.17. The van der Waals surface area contributed by atoms with Gasteiger partial charge in [-0.15, -0.1) is 0 Å². The van der Waals surface area contributed by atoms with Crippen molar-refractivity contribution in [3.63, 3.8) is 0 Å². The predicted octanol–water partition coefficient (Wildman–Crippen LogP) is 2.36. The van der Waals surface area contributed by atoms with Crippen LogP contribution in [0.2, 0.25) is 0 Å². The van der Waals surface area contributed by atoms with Gasteiger partial charge in [0.05, 0.1) is 0 Å². The highest BCUT2D eigenvalue weighted by Crippen LogP contribution is 2.22. The van der Waals surface area contributed by atoms with Crippen molar-refractivity contribution in [2.75, 3.05) is 17.2 Å². The van der Waals surface area contributed by atoms with Gasteiger partial charge in [0.25, 0.3) is 0 Å². The monoisotopic (exact) mass is 324 g/mol. The maximum absolute atomic E-state index is 13.6. The van der Waals surface area contributed by atoms with Gasteiger partial charge in [-0.3, -0.25) is 0 Å². The van der Waals surface area contributed by atoms with Gasteiger partial charge in [-0.05, 0) is 37.0 Å². The van der Waals surface area contributed by atoms with Crippen molar-refractivity contribution in [1.29, 1.82) is 0 Å². The Morgan fingerprint density at radius 1 is 1.35 bits per heavy atom.